The van der Waals surface area contributed by atoms with Gasteiger partial charge >= 0.3 is 6.09 Å². The van der Waals surface area contributed by atoms with Crippen LogP contribution in [0.4, 0.5) is 4.79 Å². The molecule has 0 bridgehead atoms. The predicted octanol–water partition coefficient (Wildman–Crippen LogP) is 4.93. The Morgan fingerprint density at radius 3 is 2.71 bits per heavy atom. The Morgan fingerprint density at radius 1 is 1.48 bits per heavy atom. The molecule has 112 valence electrons. The Morgan fingerprint density at radius 2 is 2.14 bits per heavy atom. The molecule has 0 atom stereocenters. The minimum Gasteiger partial charge on any atom is -0.465 e. The number of aromatic nitrogens is 1. The molecule has 0 unspecified atom stereocenters. The lowest BCUT2D eigenvalue weighted by Gasteiger charge is -2.33. The topological polar surface area (TPSA) is 53.4 Å². The Bertz CT molecular complexity index is 698. The summed E-state index contributed by atoms with van der Waals surface area (Å²) < 4.78 is 0.825. The van der Waals surface area contributed by atoms with Crippen LogP contribution >= 0.6 is 27.5 Å². The maximum absolute atomic E-state index is 11.5. The quantitative estimate of drug-likeness (QED) is 0.814. The number of rotatable bonds is 2. The Hall–Kier alpha value is -1.33. The number of hydrogen-bond donors (Lipinski definition) is 1. The standard InChI is InChI=1S/C15H16BrClN2O2/c1-15(2,3)19(14(20)21)8-9-7-11(17)13-10(12(9)16)5-4-6-18-13/h4-7H,8H2,1-3H3,(H,20,21). The van der Waals surface area contributed by atoms with E-state index in [0.29, 0.717) is 10.5 Å². The van der Waals surface area contributed by atoms with Gasteiger partial charge in [0.2, 0.25) is 0 Å². The molecule has 1 N–H and O–H groups in total. The zero-order valence-corrected chi connectivity index (χ0v) is 14.4. The first-order chi connectivity index (χ1) is 9.71. The van der Waals surface area contributed by atoms with Gasteiger partial charge in [-0.05, 0) is 54.4 Å². The average molecular weight is 372 g/mol. The van der Waals surface area contributed by atoms with Crippen LogP contribution in [-0.4, -0.2) is 26.6 Å². The van der Waals surface area contributed by atoms with Gasteiger partial charge in [0, 0.05) is 21.6 Å². The summed E-state index contributed by atoms with van der Waals surface area (Å²) >= 11 is 9.80. The van der Waals surface area contributed by atoms with Gasteiger partial charge in [-0.25, -0.2) is 4.79 Å². The minimum absolute atomic E-state index is 0.254. The maximum Gasteiger partial charge on any atom is 0.408 e. The van der Waals surface area contributed by atoms with Crippen molar-refractivity contribution in [3.8, 4) is 0 Å². The normalized spacial score (nSPS) is 11.7. The summed E-state index contributed by atoms with van der Waals surface area (Å²) in [5, 5.41) is 10.8. The van der Waals surface area contributed by atoms with Crippen molar-refractivity contribution in [3.05, 3.63) is 39.5 Å². The molecular weight excluding hydrogens is 356 g/mol. The number of hydrogen-bond acceptors (Lipinski definition) is 2. The van der Waals surface area contributed by atoms with E-state index in [0.717, 1.165) is 15.4 Å². The van der Waals surface area contributed by atoms with Crippen molar-refractivity contribution in [3.63, 3.8) is 0 Å². The van der Waals surface area contributed by atoms with Crippen molar-refractivity contribution in [2.24, 2.45) is 0 Å². The van der Waals surface area contributed by atoms with Crippen molar-refractivity contribution in [2.75, 3.05) is 0 Å². The summed E-state index contributed by atoms with van der Waals surface area (Å²) in [6, 6.07) is 5.50. The third-order valence-electron chi connectivity index (χ3n) is 3.22. The lowest BCUT2D eigenvalue weighted by molar-refractivity contribution is 0.0954. The van der Waals surface area contributed by atoms with Gasteiger partial charge in [0.1, 0.15) is 0 Å². The molecular formula is C15H16BrClN2O2. The zero-order valence-electron chi connectivity index (χ0n) is 12.0. The van der Waals surface area contributed by atoms with Crippen LogP contribution in [-0.2, 0) is 6.54 Å². The van der Waals surface area contributed by atoms with Gasteiger partial charge in [-0.2, -0.15) is 0 Å². The van der Waals surface area contributed by atoms with E-state index in [1.54, 1.807) is 12.3 Å². The van der Waals surface area contributed by atoms with Crippen molar-refractivity contribution in [1.82, 2.24) is 9.88 Å². The molecule has 0 radical (unpaired) electrons. The van der Waals surface area contributed by atoms with Gasteiger partial charge < -0.3 is 5.11 Å². The van der Waals surface area contributed by atoms with Crippen molar-refractivity contribution in [1.29, 1.82) is 0 Å². The third-order valence-corrected chi connectivity index (χ3v) is 4.45. The Kier molecular flexibility index (Phi) is 4.44. The predicted molar refractivity (Wildman–Crippen MR) is 87.8 cm³/mol. The number of pyridine rings is 1. The van der Waals surface area contributed by atoms with E-state index < -0.39 is 11.6 Å². The SMILES string of the molecule is CC(C)(C)N(Cc1cc(Cl)c2ncccc2c1Br)C(=O)O. The van der Waals surface area contributed by atoms with E-state index in [9.17, 15) is 9.90 Å². The molecule has 0 aliphatic rings. The van der Waals surface area contributed by atoms with Gasteiger partial charge in [-0.3, -0.25) is 9.88 Å². The molecule has 0 saturated heterocycles. The largest absolute Gasteiger partial charge is 0.465 e. The van der Waals surface area contributed by atoms with Crippen LogP contribution in [0.15, 0.2) is 28.9 Å². The highest BCUT2D eigenvalue weighted by Gasteiger charge is 2.27. The van der Waals surface area contributed by atoms with Gasteiger partial charge in [0.05, 0.1) is 17.1 Å². The molecule has 4 nitrogen and oxygen atoms in total. The fourth-order valence-corrected chi connectivity index (χ4v) is 2.95. The fraction of sp³-hybridized carbons (Fsp3) is 0.333. The molecule has 1 aromatic heterocycles. The zero-order chi connectivity index (χ0) is 15.8. The summed E-state index contributed by atoms with van der Waals surface area (Å²) in [6.45, 7) is 5.83. The third kappa shape index (κ3) is 3.30. The molecule has 1 amide bonds. The van der Waals surface area contributed by atoms with Gasteiger partial charge in [0.15, 0.2) is 0 Å². The molecule has 1 heterocycles. The van der Waals surface area contributed by atoms with Crippen molar-refractivity contribution >= 4 is 44.5 Å². The second-order valence-electron chi connectivity index (χ2n) is 5.77. The van der Waals surface area contributed by atoms with Crippen LogP contribution in [0.3, 0.4) is 0 Å². The lowest BCUT2D eigenvalue weighted by Crippen LogP contribution is -2.44. The number of carboxylic acid groups (broad SMARTS) is 1. The number of fused-ring (bicyclic) bond motifs is 1. The summed E-state index contributed by atoms with van der Waals surface area (Å²) in [5.74, 6) is 0. The molecule has 0 aliphatic carbocycles. The van der Waals surface area contributed by atoms with Gasteiger partial charge in [-0.15, -0.1) is 0 Å². The number of carbonyl (C=O) groups is 1. The molecule has 0 saturated carbocycles. The average Bonchev–Trinajstić information content (AvgIpc) is 2.39. The molecule has 6 heteroatoms. The van der Waals surface area contributed by atoms with Crippen LogP contribution in [0, 0.1) is 0 Å². The Labute approximate surface area is 136 Å². The maximum atomic E-state index is 11.5. The monoisotopic (exact) mass is 370 g/mol. The highest BCUT2D eigenvalue weighted by Crippen LogP contribution is 2.33. The van der Waals surface area contributed by atoms with Crippen molar-refractivity contribution in [2.45, 2.75) is 32.9 Å². The van der Waals surface area contributed by atoms with Gasteiger partial charge in [-0.1, -0.05) is 17.7 Å². The summed E-state index contributed by atoms with van der Waals surface area (Å²) in [7, 11) is 0. The molecule has 0 aliphatic heterocycles. The smallest absolute Gasteiger partial charge is 0.408 e. The highest BCUT2D eigenvalue weighted by atomic mass is 79.9. The first kappa shape index (κ1) is 16.0. The van der Waals surface area contributed by atoms with E-state index in [1.165, 1.54) is 4.90 Å². The van der Waals surface area contributed by atoms with Crippen LogP contribution < -0.4 is 0 Å². The molecule has 1 aromatic carbocycles. The molecule has 21 heavy (non-hydrogen) atoms. The van der Waals surface area contributed by atoms with E-state index in [4.69, 9.17) is 11.6 Å². The first-order valence-corrected chi connectivity index (χ1v) is 7.61. The van der Waals surface area contributed by atoms with Crippen molar-refractivity contribution < 1.29 is 9.90 Å². The molecule has 2 rings (SSSR count). The van der Waals surface area contributed by atoms with Gasteiger partial charge in [0.25, 0.3) is 0 Å². The second kappa shape index (κ2) is 5.81. The number of benzene rings is 1. The van der Waals surface area contributed by atoms with E-state index in [-0.39, 0.29) is 6.54 Å². The van der Waals surface area contributed by atoms with E-state index >= 15 is 0 Å². The number of halogens is 2. The fourth-order valence-electron chi connectivity index (χ4n) is 2.11. The number of nitrogens with zero attached hydrogens (tertiary/aromatic N) is 2. The van der Waals surface area contributed by atoms with Crippen LogP contribution in [0.5, 0.6) is 0 Å². The van der Waals surface area contributed by atoms with E-state index in [2.05, 4.69) is 20.9 Å². The van der Waals surface area contributed by atoms with Crippen LogP contribution in [0.25, 0.3) is 10.9 Å². The highest BCUT2D eigenvalue weighted by molar-refractivity contribution is 9.10. The summed E-state index contributed by atoms with van der Waals surface area (Å²) in [5.41, 5.74) is 1.02. The first-order valence-electron chi connectivity index (χ1n) is 6.44. The molecule has 0 spiro atoms. The lowest BCUT2D eigenvalue weighted by atomic mass is 10.0. The summed E-state index contributed by atoms with van der Waals surface area (Å²) in [4.78, 5) is 17.1. The van der Waals surface area contributed by atoms with E-state index in [1.807, 2.05) is 32.9 Å². The van der Waals surface area contributed by atoms with Crippen LogP contribution in [0.1, 0.15) is 26.3 Å². The van der Waals surface area contributed by atoms with Crippen LogP contribution in [0.2, 0.25) is 5.02 Å². The molecule has 2 aromatic rings. The second-order valence-corrected chi connectivity index (χ2v) is 6.97. The minimum atomic E-state index is -0.961. The Balaban J connectivity index is 2.52. The summed E-state index contributed by atoms with van der Waals surface area (Å²) in [6.07, 6.45) is 0.718. The number of amides is 1. The molecule has 0 fully saturated rings.